The van der Waals surface area contributed by atoms with Crippen LogP contribution in [-0.4, -0.2) is 38.3 Å². The van der Waals surface area contributed by atoms with E-state index >= 15 is 0 Å². The smallest absolute Gasteiger partial charge is 0.191 e. The number of fused-ring (bicyclic) bond motifs is 1. The summed E-state index contributed by atoms with van der Waals surface area (Å²) in [6, 6.07) is 15.9. The molecule has 30 heavy (non-hydrogen) atoms. The van der Waals surface area contributed by atoms with E-state index in [1.807, 2.05) is 26.0 Å². The van der Waals surface area contributed by atoms with Gasteiger partial charge in [-0.2, -0.15) is 0 Å². The van der Waals surface area contributed by atoms with E-state index in [0.29, 0.717) is 11.4 Å². The maximum atomic E-state index is 11.8. The number of nitrogens with one attached hydrogen (secondary N) is 2. The molecule has 0 radical (unpaired) electrons. The number of rotatable bonds is 8. The van der Waals surface area contributed by atoms with E-state index in [1.165, 1.54) is 17.2 Å². The lowest BCUT2D eigenvalue weighted by Crippen LogP contribution is -2.38. The van der Waals surface area contributed by atoms with Crippen LogP contribution in [0.1, 0.15) is 24.5 Å². The number of guanidine groups is 1. The second-order valence-corrected chi connectivity index (χ2v) is 9.40. The molecule has 3 rings (SSSR count). The minimum absolute atomic E-state index is 0.373. The molecule has 1 aromatic heterocycles. The Hall–Kier alpha value is -2.80. The number of sulfone groups is 1. The molecule has 0 aliphatic heterocycles. The lowest BCUT2D eigenvalue weighted by atomic mass is 10.1. The maximum absolute atomic E-state index is 11.8. The van der Waals surface area contributed by atoms with Gasteiger partial charge in [-0.3, -0.25) is 0 Å². The van der Waals surface area contributed by atoms with Crippen molar-refractivity contribution in [2.75, 3.05) is 19.3 Å². The average molecular weight is 427 g/mol. The van der Waals surface area contributed by atoms with Gasteiger partial charge < -0.3 is 15.2 Å². The molecule has 0 spiro atoms. The SMILES string of the molecule is CCNC(=NCc1ccc(S(C)(=O)=O)c(C)c1)NCCCn1ccc2ccccc21. The molecule has 0 unspecified atom stereocenters. The first-order valence-electron chi connectivity index (χ1n) is 10.2. The van der Waals surface area contributed by atoms with E-state index in [4.69, 9.17) is 0 Å². The van der Waals surface area contributed by atoms with Crippen LogP contribution in [0.15, 0.2) is 64.6 Å². The second kappa shape index (κ2) is 9.80. The highest BCUT2D eigenvalue weighted by molar-refractivity contribution is 7.90. The highest BCUT2D eigenvalue weighted by atomic mass is 32.2. The van der Waals surface area contributed by atoms with Crippen molar-refractivity contribution in [3.63, 3.8) is 0 Å². The first kappa shape index (κ1) is 21.9. The molecule has 0 aliphatic carbocycles. The van der Waals surface area contributed by atoms with Gasteiger partial charge in [0.1, 0.15) is 0 Å². The van der Waals surface area contributed by atoms with E-state index in [9.17, 15) is 8.42 Å². The molecule has 1 heterocycles. The zero-order valence-corrected chi connectivity index (χ0v) is 18.7. The first-order chi connectivity index (χ1) is 14.4. The van der Waals surface area contributed by atoms with Crippen LogP contribution in [-0.2, 0) is 22.9 Å². The molecule has 7 heteroatoms. The molecule has 0 saturated heterocycles. The largest absolute Gasteiger partial charge is 0.357 e. The summed E-state index contributed by atoms with van der Waals surface area (Å²) in [4.78, 5) is 5.01. The van der Waals surface area contributed by atoms with Crippen molar-refractivity contribution >= 4 is 26.7 Å². The van der Waals surface area contributed by atoms with Gasteiger partial charge in [-0.05, 0) is 55.0 Å². The van der Waals surface area contributed by atoms with Gasteiger partial charge in [0.15, 0.2) is 15.8 Å². The predicted molar refractivity (Wildman–Crippen MR) is 124 cm³/mol. The molecular weight excluding hydrogens is 396 g/mol. The zero-order valence-electron chi connectivity index (χ0n) is 17.9. The van der Waals surface area contributed by atoms with E-state index in [0.717, 1.165) is 43.1 Å². The Labute approximate surface area is 178 Å². The molecule has 0 aliphatic rings. The summed E-state index contributed by atoms with van der Waals surface area (Å²) < 4.78 is 25.8. The number of nitrogens with zero attached hydrogens (tertiary/aromatic N) is 2. The summed E-state index contributed by atoms with van der Waals surface area (Å²) in [5, 5.41) is 7.91. The van der Waals surface area contributed by atoms with Gasteiger partial charge in [-0.15, -0.1) is 0 Å². The number of aliphatic imine (C=N–C) groups is 1. The van der Waals surface area contributed by atoms with Crippen LogP contribution in [0.4, 0.5) is 0 Å². The van der Waals surface area contributed by atoms with Gasteiger partial charge in [-0.25, -0.2) is 13.4 Å². The van der Waals surface area contributed by atoms with Crippen molar-refractivity contribution in [1.82, 2.24) is 15.2 Å². The van der Waals surface area contributed by atoms with E-state index in [-0.39, 0.29) is 0 Å². The summed E-state index contributed by atoms with van der Waals surface area (Å²) >= 11 is 0. The van der Waals surface area contributed by atoms with Gasteiger partial charge >= 0.3 is 0 Å². The fourth-order valence-corrected chi connectivity index (χ4v) is 4.49. The standard InChI is InChI=1S/C23H30N4O2S/c1-4-24-23(26-17-19-10-11-22(18(2)16-19)30(3,28)29)25-13-7-14-27-15-12-20-8-5-6-9-21(20)27/h5-6,8-12,15-16H,4,7,13-14,17H2,1-3H3,(H2,24,25,26). The highest BCUT2D eigenvalue weighted by Crippen LogP contribution is 2.17. The van der Waals surface area contributed by atoms with Crippen molar-refractivity contribution < 1.29 is 8.42 Å². The van der Waals surface area contributed by atoms with Crippen molar-refractivity contribution in [2.45, 2.75) is 38.3 Å². The Morgan fingerprint density at radius 1 is 1.10 bits per heavy atom. The summed E-state index contributed by atoms with van der Waals surface area (Å²) in [7, 11) is -3.20. The number of hydrogen-bond acceptors (Lipinski definition) is 3. The topological polar surface area (TPSA) is 75.5 Å². The third-order valence-corrected chi connectivity index (χ3v) is 6.21. The average Bonchev–Trinajstić information content (AvgIpc) is 3.11. The van der Waals surface area contributed by atoms with Crippen molar-refractivity contribution in [1.29, 1.82) is 0 Å². The van der Waals surface area contributed by atoms with Crippen LogP contribution in [0.2, 0.25) is 0 Å². The number of benzene rings is 2. The Bertz CT molecular complexity index is 1130. The first-order valence-corrected chi connectivity index (χ1v) is 12.1. The molecule has 3 aromatic rings. The van der Waals surface area contributed by atoms with Crippen LogP contribution in [0, 0.1) is 6.92 Å². The molecule has 0 saturated carbocycles. The number of aryl methyl sites for hydroxylation is 2. The molecular formula is C23H30N4O2S. The number of aromatic nitrogens is 1. The fraction of sp³-hybridized carbons (Fsp3) is 0.348. The Morgan fingerprint density at radius 2 is 1.90 bits per heavy atom. The zero-order chi connectivity index (χ0) is 21.6. The van der Waals surface area contributed by atoms with Crippen LogP contribution in [0.25, 0.3) is 10.9 Å². The molecule has 0 fully saturated rings. The normalized spacial score (nSPS) is 12.3. The Morgan fingerprint density at radius 3 is 2.63 bits per heavy atom. The van der Waals surface area contributed by atoms with Gasteiger partial charge in [0.25, 0.3) is 0 Å². The molecule has 2 aromatic carbocycles. The molecule has 0 bridgehead atoms. The van der Waals surface area contributed by atoms with Crippen molar-refractivity contribution in [3.8, 4) is 0 Å². The van der Waals surface area contributed by atoms with Crippen molar-refractivity contribution in [2.24, 2.45) is 4.99 Å². The quantitative estimate of drug-likeness (QED) is 0.328. The lowest BCUT2D eigenvalue weighted by Gasteiger charge is -2.12. The van der Waals surface area contributed by atoms with Gasteiger partial charge in [0.05, 0.1) is 11.4 Å². The minimum atomic E-state index is -3.20. The van der Waals surface area contributed by atoms with Gasteiger partial charge in [0.2, 0.25) is 0 Å². The van der Waals surface area contributed by atoms with E-state index < -0.39 is 9.84 Å². The minimum Gasteiger partial charge on any atom is -0.357 e. The maximum Gasteiger partial charge on any atom is 0.191 e. The predicted octanol–water partition coefficient (Wildman–Crippen LogP) is 3.50. The number of hydrogen-bond donors (Lipinski definition) is 2. The molecule has 0 amide bonds. The molecule has 2 N–H and O–H groups in total. The van der Waals surface area contributed by atoms with Crippen LogP contribution in [0.3, 0.4) is 0 Å². The van der Waals surface area contributed by atoms with Crippen molar-refractivity contribution in [3.05, 3.63) is 65.9 Å². The number of para-hydroxylation sites is 1. The van der Waals surface area contributed by atoms with Crippen LogP contribution < -0.4 is 10.6 Å². The summed E-state index contributed by atoms with van der Waals surface area (Å²) in [6.07, 6.45) is 4.34. The summed E-state index contributed by atoms with van der Waals surface area (Å²) in [6.45, 7) is 6.87. The van der Waals surface area contributed by atoms with E-state index in [1.54, 1.807) is 6.07 Å². The Balaban J connectivity index is 1.56. The van der Waals surface area contributed by atoms with Gasteiger partial charge in [0, 0.05) is 37.6 Å². The summed E-state index contributed by atoms with van der Waals surface area (Å²) in [5.74, 6) is 0.764. The third-order valence-electron chi connectivity index (χ3n) is 4.95. The van der Waals surface area contributed by atoms with Crippen LogP contribution >= 0.6 is 0 Å². The highest BCUT2D eigenvalue weighted by Gasteiger charge is 2.10. The van der Waals surface area contributed by atoms with Crippen LogP contribution in [0.5, 0.6) is 0 Å². The fourth-order valence-electron chi connectivity index (χ4n) is 3.53. The third kappa shape index (κ3) is 5.63. The second-order valence-electron chi connectivity index (χ2n) is 7.42. The Kier molecular flexibility index (Phi) is 7.15. The monoisotopic (exact) mass is 426 g/mol. The molecule has 0 atom stereocenters. The molecule has 160 valence electrons. The lowest BCUT2D eigenvalue weighted by molar-refractivity contribution is 0.601. The van der Waals surface area contributed by atoms with Gasteiger partial charge in [-0.1, -0.05) is 30.3 Å². The molecule has 6 nitrogen and oxygen atoms in total. The summed E-state index contributed by atoms with van der Waals surface area (Å²) in [5.41, 5.74) is 2.99. The van der Waals surface area contributed by atoms with E-state index in [2.05, 4.69) is 56.7 Å².